The number of Topliss-reactive ketones (excluding diaryl/α,β-unsaturated/α-hetero) is 1. The molecule has 7 heteroatoms. The Morgan fingerprint density at radius 1 is 1.24 bits per heavy atom. The Labute approximate surface area is 125 Å². The van der Waals surface area contributed by atoms with Gasteiger partial charge in [0.25, 0.3) is 0 Å². The van der Waals surface area contributed by atoms with Gasteiger partial charge in [-0.1, -0.05) is 0 Å². The van der Waals surface area contributed by atoms with Crippen LogP contribution < -0.4 is 9.47 Å². The van der Waals surface area contributed by atoms with Gasteiger partial charge in [-0.2, -0.15) is 4.98 Å². The van der Waals surface area contributed by atoms with Crippen molar-refractivity contribution in [2.75, 3.05) is 20.0 Å². The number of aromatic nitrogens is 2. The van der Waals surface area contributed by atoms with E-state index in [-0.39, 0.29) is 34.8 Å². The van der Waals surface area contributed by atoms with E-state index < -0.39 is 0 Å². The monoisotopic (exact) mass is 308 g/mol. The zero-order chi connectivity index (χ0) is 15.2. The van der Waals surface area contributed by atoms with E-state index in [9.17, 15) is 9.18 Å². The van der Waals surface area contributed by atoms with Crippen LogP contribution in [0.5, 0.6) is 11.8 Å². The minimum Gasteiger partial charge on any atom is -0.480 e. The summed E-state index contributed by atoms with van der Waals surface area (Å²) in [6.07, 6.45) is 1.36. The molecule has 5 nitrogen and oxygen atoms in total. The normalized spacial score (nSPS) is 10.2. The molecule has 0 saturated carbocycles. The van der Waals surface area contributed by atoms with Crippen LogP contribution in [-0.2, 0) is 0 Å². The summed E-state index contributed by atoms with van der Waals surface area (Å²) in [7, 11) is 2.86. The number of hydrogen-bond donors (Lipinski definition) is 0. The predicted octanol–water partition coefficient (Wildman–Crippen LogP) is 2.61. The molecule has 0 amide bonds. The van der Waals surface area contributed by atoms with Gasteiger partial charge in [0.1, 0.15) is 5.82 Å². The van der Waals surface area contributed by atoms with Gasteiger partial charge in [0.05, 0.1) is 26.2 Å². The second-order valence-corrected chi connectivity index (χ2v) is 4.98. The minimum absolute atomic E-state index is 0.124. The molecule has 0 unspecified atom stereocenters. The molecule has 0 saturated heterocycles. The Hall–Kier alpha value is -2.15. The topological polar surface area (TPSA) is 61.3 Å². The van der Waals surface area contributed by atoms with Crippen molar-refractivity contribution >= 4 is 17.5 Å². The molecular formula is C14H13FN2O3S. The molecule has 21 heavy (non-hydrogen) atoms. The molecule has 0 atom stereocenters. The maximum absolute atomic E-state index is 12.8. The van der Waals surface area contributed by atoms with E-state index in [1.165, 1.54) is 44.3 Å². The highest BCUT2D eigenvalue weighted by molar-refractivity contribution is 8.00. The zero-order valence-corrected chi connectivity index (χ0v) is 12.3. The Morgan fingerprint density at radius 3 is 2.57 bits per heavy atom. The smallest absolute Gasteiger partial charge is 0.246 e. The fourth-order valence-electron chi connectivity index (χ4n) is 1.54. The number of ether oxygens (including phenoxy) is 2. The number of carbonyl (C=O) groups is 1. The molecular weight excluding hydrogens is 295 g/mol. The van der Waals surface area contributed by atoms with Gasteiger partial charge in [-0.3, -0.25) is 4.79 Å². The minimum atomic E-state index is -0.312. The zero-order valence-electron chi connectivity index (χ0n) is 11.5. The second-order valence-electron chi connectivity index (χ2n) is 3.94. The predicted molar refractivity (Wildman–Crippen MR) is 76.6 cm³/mol. The summed E-state index contributed by atoms with van der Waals surface area (Å²) in [4.78, 5) is 21.0. The fraction of sp³-hybridized carbons (Fsp3) is 0.214. The number of carbonyl (C=O) groups excluding carboxylic acids is 1. The van der Waals surface area contributed by atoms with Gasteiger partial charge in [0.15, 0.2) is 11.5 Å². The standard InChI is InChI=1S/C14H13FN2O3S/c1-19-12-7-16-13(14(17-12)20-2)11(18)8-21-10-5-3-9(15)4-6-10/h3-7H,8H2,1-2H3. The summed E-state index contributed by atoms with van der Waals surface area (Å²) in [5, 5.41) is 0. The van der Waals surface area contributed by atoms with Gasteiger partial charge in [0.2, 0.25) is 11.8 Å². The number of rotatable bonds is 6. The average molecular weight is 308 g/mol. The molecule has 0 N–H and O–H groups in total. The Balaban J connectivity index is 2.07. The maximum Gasteiger partial charge on any atom is 0.246 e. The highest BCUT2D eigenvalue weighted by Gasteiger charge is 2.17. The van der Waals surface area contributed by atoms with Crippen LogP contribution in [-0.4, -0.2) is 35.7 Å². The van der Waals surface area contributed by atoms with Crippen LogP contribution >= 0.6 is 11.8 Å². The van der Waals surface area contributed by atoms with Crippen LogP contribution in [0.4, 0.5) is 4.39 Å². The Morgan fingerprint density at radius 2 is 1.95 bits per heavy atom. The van der Waals surface area contributed by atoms with E-state index in [2.05, 4.69) is 9.97 Å². The lowest BCUT2D eigenvalue weighted by Gasteiger charge is -2.07. The van der Waals surface area contributed by atoms with E-state index in [0.29, 0.717) is 0 Å². The molecule has 0 aliphatic carbocycles. The van der Waals surface area contributed by atoms with Crippen LogP contribution in [0, 0.1) is 5.82 Å². The third-order valence-corrected chi connectivity index (χ3v) is 3.58. The first-order chi connectivity index (χ1) is 10.1. The number of methoxy groups -OCH3 is 2. The lowest BCUT2D eigenvalue weighted by Crippen LogP contribution is -2.09. The van der Waals surface area contributed by atoms with Crippen molar-refractivity contribution in [1.29, 1.82) is 0 Å². The van der Waals surface area contributed by atoms with E-state index in [1.54, 1.807) is 12.1 Å². The van der Waals surface area contributed by atoms with Crippen molar-refractivity contribution in [3.8, 4) is 11.8 Å². The van der Waals surface area contributed by atoms with Crippen LogP contribution in [0.15, 0.2) is 35.4 Å². The first-order valence-corrected chi connectivity index (χ1v) is 6.99. The molecule has 0 bridgehead atoms. The van der Waals surface area contributed by atoms with Gasteiger partial charge in [-0.25, -0.2) is 9.37 Å². The molecule has 0 aliphatic heterocycles. The molecule has 1 heterocycles. The molecule has 0 radical (unpaired) electrons. The summed E-state index contributed by atoms with van der Waals surface area (Å²) >= 11 is 1.29. The second kappa shape index (κ2) is 7.03. The lowest BCUT2D eigenvalue weighted by molar-refractivity contribution is 0.101. The van der Waals surface area contributed by atoms with E-state index >= 15 is 0 Å². The van der Waals surface area contributed by atoms with Crippen LogP contribution in [0.1, 0.15) is 10.5 Å². The molecule has 0 spiro atoms. The van der Waals surface area contributed by atoms with Gasteiger partial charge in [-0.15, -0.1) is 11.8 Å². The third kappa shape index (κ3) is 3.91. The van der Waals surface area contributed by atoms with Crippen molar-refractivity contribution in [2.24, 2.45) is 0 Å². The molecule has 110 valence electrons. The summed E-state index contributed by atoms with van der Waals surface area (Å²) < 4.78 is 22.8. The number of nitrogens with zero attached hydrogens (tertiary/aromatic N) is 2. The highest BCUT2D eigenvalue weighted by Crippen LogP contribution is 2.22. The lowest BCUT2D eigenvalue weighted by atomic mass is 10.3. The summed E-state index contributed by atoms with van der Waals surface area (Å²) in [6, 6.07) is 5.93. The fourth-order valence-corrected chi connectivity index (χ4v) is 2.30. The van der Waals surface area contributed by atoms with Crippen LogP contribution in [0.2, 0.25) is 0 Å². The molecule has 0 fully saturated rings. The van der Waals surface area contributed by atoms with Crippen molar-refractivity contribution in [2.45, 2.75) is 4.90 Å². The molecule has 2 rings (SSSR count). The summed E-state index contributed by atoms with van der Waals surface area (Å²) in [5.41, 5.74) is 0.146. The van der Waals surface area contributed by atoms with Crippen LogP contribution in [0.25, 0.3) is 0 Å². The summed E-state index contributed by atoms with van der Waals surface area (Å²) in [6.45, 7) is 0. The Bertz CT molecular complexity index is 635. The number of thioether (sulfide) groups is 1. The van der Waals surface area contributed by atoms with E-state index in [0.717, 1.165) is 4.90 Å². The average Bonchev–Trinajstić information content (AvgIpc) is 2.53. The largest absolute Gasteiger partial charge is 0.480 e. The maximum atomic E-state index is 12.8. The number of benzene rings is 1. The molecule has 1 aromatic heterocycles. The van der Waals surface area contributed by atoms with Crippen molar-refractivity contribution < 1.29 is 18.7 Å². The van der Waals surface area contributed by atoms with Crippen molar-refractivity contribution in [1.82, 2.24) is 9.97 Å². The van der Waals surface area contributed by atoms with Crippen molar-refractivity contribution in [3.63, 3.8) is 0 Å². The molecule has 2 aromatic rings. The SMILES string of the molecule is COc1cnc(C(=O)CSc2ccc(F)cc2)c(OC)n1. The first-order valence-electron chi connectivity index (χ1n) is 6.00. The number of hydrogen-bond acceptors (Lipinski definition) is 6. The van der Waals surface area contributed by atoms with Gasteiger partial charge < -0.3 is 9.47 Å². The summed E-state index contributed by atoms with van der Waals surface area (Å²) in [5.74, 6) is 0.0153. The van der Waals surface area contributed by atoms with E-state index in [1.807, 2.05) is 0 Å². The van der Waals surface area contributed by atoms with Gasteiger partial charge in [-0.05, 0) is 24.3 Å². The molecule has 0 aliphatic rings. The van der Waals surface area contributed by atoms with Gasteiger partial charge >= 0.3 is 0 Å². The van der Waals surface area contributed by atoms with E-state index in [4.69, 9.17) is 9.47 Å². The van der Waals surface area contributed by atoms with Crippen molar-refractivity contribution in [3.05, 3.63) is 42.0 Å². The van der Waals surface area contributed by atoms with Crippen LogP contribution in [0.3, 0.4) is 0 Å². The first kappa shape index (κ1) is 15.2. The molecule has 1 aromatic carbocycles. The highest BCUT2D eigenvalue weighted by atomic mass is 32.2. The quantitative estimate of drug-likeness (QED) is 0.604. The van der Waals surface area contributed by atoms with Gasteiger partial charge in [0, 0.05) is 4.90 Å². The third-order valence-electron chi connectivity index (χ3n) is 2.57. The number of ketones is 1. The Kier molecular flexibility index (Phi) is 5.10. The number of halogens is 1.